The second-order valence-corrected chi connectivity index (χ2v) is 6.04. The van der Waals surface area contributed by atoms with Crippen molar-refractivity contribution in [1.29, 1.82) is 0 Å². The Balaban J connectivity index is 1.94. The molecule has 3 rings (SSSR count). The van der Waals surface area contributed by atoms with Crippen molar-refractivity contribution in [1.82, 2.24) is 15.3 Å². The van der Waals surface area contributed by atoms with Crippen molar-refractivity contribution >= 4 is 11.6 Å². The summed E-state index contributed by atoms with van der Waals surface area (Å²) < 4.78 is 0. The van der Waals surface area contributed by atoms with Crippen LogP contribution in [0.4, 0.5) is 5.82 Å². The number of carbonyl (C=O) groups excluding carboxylic acids is 1. The fourth-order valence-electron chi connectivity index (χ4n) is 3.05. The van der Waals surface area contributed by atoms with Crippen molar-refractivity contribution in [3.63, 3.8) is 0 Å². The Labute approximate surface area is 136 Å². The molecular weight excluding hydrogens is 288 g/mol. The van der Waals surface area contributed by atoms with Gasteiger partial charge >= 0.3 is 0 Å². The summed E-state index contributed by atoms with van der Waals surface area (Å²) >= 11 is 0. The molecule has 0 radical (unpaired) electrons. The monoisotopic (exact) mass is 310 g/mol. The molecule has 1 unspecified atom stereocenters. The first-order valence-electron chi connectivity index (χ1n) is 8.10. The minimum Gasteiger partial charge on any atom is -0.383 e. The van der Waals surface area contributed by atoms with E-state index in [4.69, 9.17) is 10.7 Å². The minimum absolute atomic E-state index is 0.151. The number of aryl methyl sites for hydroxylation is 1. The smallest absolute Gasteiger partial charge is 0.215 e. The molecule has 120 valence electrons. The van der Waals surface area contributed by atoms with Crippen LogP contribution >= 0.6 is 0 Å². The van der Waals surface area contributed by atoms with Crippen LogP contribution in [0.3, 0.4) is 0 Å². The number of anilines is 1. The van der Waals surface area contributed by atoms with Gasteiger partial charge in [0, 0.05) is 17.8 Å². The summed E-state index contributed by atoms with van der Waals surface area (Å²) in [6, 6.07) is 7.46. The topological polar surface area (TPSA) is 80.9 Å². The lowest BCUT2D eigenvalue weighted by atomic mass is 9.95. The predicted octanol–water partition coefficient (Wildman–Crippen LogP) is 2.46. The van der Waals surface area contributed by atoms with Gasteiger partial charge in [0.2, 0.25) is 5.78 Å². The number of pyridine rings is 2. The van der Waals surface area contributed by atoms with Crippen LogP contribution in [0.1, 0.15) is 52.5 Å². The summed E-state index contributed by atoms with van der Waals surface area (Å²) in [5.74, 6) is 0.507. The van der Waals surface area contributed by atoms with Gasteiger partial charge in [-0.2, -0.15) is 0 Å². The van der Waals surface area contributed by atoms with Gasteiger partial charge in [0.05, 0.1) is 5.56 Å². The van der Waals surface area contributed by atoms with E-state index >= 15 is 0 Å². The van der Waals surface area contributed by atoms with E-state index in [0.717, 1.165) is 43.6 Å². The number of carbonyl (C=O) groups is 1. The highest BCUT2D eigenvalue weighted by Gasteiger charge is 2.20. The molecule has 0 aliphatic carbocycles. The van der Waals surface area contributed by atoms with Gasteiger partial charge in [0.25, 0.3) is 0 Å². The van der Waals surface area contributed by atoms with E-state index in [9.17, 15) is 4.79 Å². The molecule has 0 bridgehead atoms. The van der Waals surface area contributed by atoms with Crippen LogP contribution in [-0.2, 0) is 0 Å². The summed E-state index contributed by atoms with van der Waals surface area (Å²) in [6.07, 6.45) is 4.88. The molecule has 0 aromatic carbocycles. The first-order valence-corrected chi connectivity index (χ1v) is 8.10. The van der Waals surface area contributed by atoms with Gasteiger partial charge in [0.15, 0.2) is 0 Å². The summed E-state index contributed by atoms with van der Waals surface area (Å²) in [4.78, 5) is 21.5. The Morgan fingerprint density at radius 1 is 1.26 bits per heavy atom. The molecule has 23 heavy (non-hydrogen) atoms. The van der Waals surface area contributed by atoms with E-state index in [-0.39, 0.29) is 11.6 Å². The zero-order chi connectivity index (χ0) is 16.2. The Hall–Kier alpha value is -2.27. The zero-order valence-corrected chi connectivity index (χ0v) is 13.4. The molecule has 0 amide bonds. The Morgan fingerprint density at radius 3 is 2.96 bits per heavy atom. The quantitative estimate of drug-likeness (QED) is 0.851. The van der Waals surface area contributed by atoms with Crippen molar-refractivity contribution < 1.29 is 4.79 Å². The largest absolute Gasteiger partial charge is 0.383 e. The van der Waals surface area contributed by atoms with E-state index in [1.165, 1.54) is 0 Å². The van der Waals surface area contributed by atoms with E-state index in [1.54, 1.807) is 18.3 Å². The number of aromatic nitrogens is 2. The predicted molar refractivity (Wildman–Crippen MR) is 90.5 cm³/mol. The van der Waals surface area contributed by atoms with Crippen molar-refractivity contribution in [3.8, 4) is 0 Å². The molecule has 5 heteroatoms. The molecule has 1 fully saturated rings. The third-order valence-electron chi connectivity index (χ3n) is 4.41. The van der Waals surface area contributed by atoms with Gasteiger partial charge in [-0.15, -0.1) is 0 Å². The second-order valence-electron chi connectivity index (χ2n) is 6.04. The summed E-state index contributed by atoms with van der Waals surface area (Å²) in [6.45, 7) is 3.96. The lowest BCUT2D eigenvalue weighted by Crippen LogP contribution is -2.15. The number of nitrogens with zero attached hydrogens (tertiary/aromatic N) is 2. The van der Waals surface area contributed by atoms with Gasteiger partial charge in [-0.1, -0.05) is 6.07 Å². The Kier molecular flexibility index (Phi) is 4.67. The number of nitrogens with one attached hydrogen (secondary N) is 1. The number of hydrogen-bond acceptors (Lipinski definition) is 5. The van der Waals surface area contributed by atoms with Crippen LogP contribution in [0.15, 0.2) is 30.5 Å². The van der Waals surface area contributed by atoms with Crippen LogP contribution in [-0.4, -0.2) is 28.8 Å². The van der Waals surface area contributed by atoms with Crippen LogP contribution in [0, 0.1) is 6.92 Å². The van der Waals surface area contributed by atoms with Gasteiger partial charge in [-0.3, -0.25) is 4.79 Å². The summed E-state index contributed by atoms with van der Waals surface area (Å²) in [5.41, 5.74) is 8.62. The van der Waals surface area contributed by atoms with Crippen molar-refractivity contribution in [3.05, 3.63) is 53.0 Å². The first kappa shape index (κ1) is 15.6. The highest BCUT2D eigenvalue weighted by atomic mass is 16.1. The maximum Gasteiger partial charge on any atom is 0.215 e. The maximum absolute atomic E-state index is 12.8. The molecule has 2 aromatic rings. The lowest BCUT2D eigenvalue weighted by molar-refractivity contribution is 0.103. The molecule has 0 spiro atoms. The fraction of sp³-hybridized carbons (Fsp3) is 0.389. The highest BCUT2D eigenvalue weighted by molar-refractivity contribution is 6.11. The third kappa shape index (κ3) is 3.40. The van der Waals surface area contributed by atoms with Crippen LogP contribution in [0.5, 0.6) is 0 Å². The Bertz CT molecular complexity index is 706. The minimum atomic E-state index is -0.151. The van der Waals surface area contributed by atoms with Gasteiger partial charge in [-0.05, 0) is 63.0 Å². The number of nitrogen functional groups attached to an aromatic ring is 1. The molecular formula is C18H22N4O. The molecule has 1 saturated heterocycles. The maximum atomic E-state index is 12.8. The first-order chi connectivity index (χ1) is 11.2. The molecule has 3 N–H and O–H groups in total. The summed E-state index contributed by atoms with van der Waals surface area (Å²) in [7, 11) is 0. The van der Waals surface area contributed by atoms with E-state index in [0.29, 0.717) is 17.2 Å². The van der Waals surface area contributed by atoms with Gasteiger partial charge in [0.1, 0.15) is 11.5 Å². The van der Waals surface area contributed by atoms with E-state index in [1.807, 2.05) is 13.0 Å². The average Bonchev–Trinajstić information content (AvgIpc) is 2.84. The molecule has 3 heterocycles. The molecule has 1 aliphatic rings. The van der Waals surface area contributed by atoms with Gasteiger partial charge < -0.3 is 11.1 Å². The third-order valence-corrected chi connectivity index (χ3v) is 4.41. The fourth-order valence-corrected chi connectivity index (χ4v) is 3.05. The molecule has 2 aromatic heterocycles. The highest BCUT2D eigenvalue weighted by Crippen LogP contribution is 2.26. The van der Waals surface area contributed by atoms with Crippen LogP contribution < -0.4 is 11.1 Å². The number of nitrogens with two attached hydrogens (primary N) is 1. The number of hydrogen-bond donors (Lipinski definition) is 2. The van der Waals surface area contributed by atoms with E-state index in [2.05, 4.69) is 16.4 Å². The normalized spacial score (nSPS) is 18.4. The zero-order valence-electron chi connectivity index (χ0n) is 13.4. The van der Waals surface area contributed by atoms with Crippen LogP contribution in [0.2, 0.25) is 0 Å². The molecule has 1 atom stereocenters. The van der Waals surface area contributed by atoms with Crippen molar-refractivity contribution in [2.45, 2.75) is 32.1 Å². The standard InChI is InChI=1S/C18H22N4O/c1-12-6-7-15(13-4-2-9-20-11-8-13)22-16(12)17(23)14-5-3-10-21-18(14)19/h3,5-7,10,13,20H,2,4,8-9,11H2,1H3,(H2,19,21). The molecule has 0 saturated carbocycles. The number of rotatable bonds is 3. The SMILES string of the molecule is Cc1ccc(C2CCCNCC2)nc1C(=O)c1cccnc1N. The lowest BCUT2D eigenvalue weighted by Gasteiger charge is -2.15. The molecule has 5 nitrogen and oxygen atoms in total. The van der Waals surface area contributed by atoms with Crippen molar-refractivity contribution in [2.24, 2.45) is 0 Å². The van der Waals surface area contributed by atoms with Crippen molar-refractivity contribution in [2.75, 3.05) is 18.8 Å². The summed E-state index contributed by atoms with van der Waals surface area (Å²) in [5, 5.41) is 3.41. The Morgan fingerprint density at radius 2 is 2.13 bits per heavy atom. The second kappa shape index (κ2) is 6.87. The number of ketones is 1. The average molecular weight is 310 g/mol. The van der Waals surface area contributed by atoms with Crippen LogP contribution in [0.25, 0.3) is 0 Å². The van der Waals surface area contributed by atoms with E-state index < -0.39 is 0 Å². The van der Waals surface area contributed by atoms with Gasteiger partial charge in [-0.25, -0.2) is 9.97 Å². The molecule has 1 aliphatic heterocycles.